The number of fused-ring (bicyclic) bond motifs is 1. The van der Waals surface area contributed by atoms with Crippen molar-refractivity contribution < 1.29 is 9.18 Å². The van der Waals surface area contributed by atoms with Gasteiger partial charge in [-0.1, -0.05) is 54.6 Å². The van der Waals surface area contributed by atoms with Crippen molar-refractivity contribution >= 4 is 16.9 Å². The lowest BCUT2D eigenvalue weighted by atomic mass is 10.1. The monoisotopic (exact) mass is 399 g/mol. The third-order valence-corrected chi connectivity index (χ3v) is 5.73. The maximum atomic E-state index is 13.3. The molecule has 0 bridgehead atoms. The first-order valence-electron chi connectivity index (χ1n) is 10.2. The fraction of sp³-hybridized carbons (Fsp3) is 0.200. The van der Waals surface area contributed by atoms with Crippen molar-refractivity contribution in [2.45, 2.75) is 25.4 Å². The van der Waals surface area contributed by atoms with Crippen LogP contribution in [0.15, 0.2) is 78.9 Å². The zero-order valence-electron chi connectivity index (χ0n) is 16.5. The fourth-order valence-electron chi connectivity index (χ4n) is 4.25. The SMILES string of the molecule is O=C1CC(c2nc3ccccc3n2Cc2ccc(F)cc2)CN1Cc1ccccc1. The highest BCUT2D eigenvalue weighted by Gasteiger charge is 2.34. The largest absolute Gasteiger partial charge is 0.338 e. The first-order valence-corrected chi connectivity index (χ1v) is 10.2. The van der Waals surface area contributed by atoms with Crippen molar-refractivity contribution in [2.24, 2.45) is 0 Å². The molecule has 2 heterocycles. The van der Waals surface area contributed by atoms with E-state index in [1.807, 2.05) is 59.5 Å². The van der Waals surface area contributed by atoms with E-state index in [-0.39, 0.29) is 17.6 Å². The summed E-state index contributed by atoms with van der Waals surface area (Å²) in [5.74, 6) is 0.871. The zero-order chi connectivity index (χ0) is 20.5. The number of para-hydroxylation sites is 2. The number of imidazole rings is 1. The van der Waals surface area contributed by atoms with Crippen LogP contribution in [0.25, 0.3) is 11.0 Å². The van der Waals surface area contributed by atoms with Gasteiger partial charge >= 0.3 is 0 Å². The van der Waals surface area contributed by atoms with Gasteiger partial charge in [-0.15, -0.1) is 0 Å². The van der Waals surface area contributed by atoms with Crippen molar-refractivity contribution in [1.82, 2.24) is 14.5 Å². The lowest BCUT2D eigenvalue weighted by Gasteiger charge is -2.17. The molecule has 0 N–H and O–H groups in total. The van der Waals surface area contributed by atoms with E-state index >= 15 is 0 Å². The molecule has 0 spiro atoms. The summed E-state index contributed by atoms with van der Waals surface area (Å²) >= 11 is 0. The summed E-state index contributed by atoms with van der Waals surface area (Å²) in [6.45, 7) is 1.87. The van der Waals surface area contributed by atoms with Crippen LogP contribution >= 0.6 is 0 Å². The van der Waals surface area contributed by atoms with Gasteiger partial charge in [-0.2, -0.15) is 0 Å². The van der Waals surface area contributed by atoms with Gasteiger partial charge in [0.25, 0.3) is 0 Å². The highest BCUT2D eigenvalue weighted by molar-refractivity contribution is 5.81. The molecule has 1 amide bonds. The Hall–Kier alpha value is -3.47. The van der Waals surface area contributed by atoms with Gasteiger partial charge in [0.15, 0.2) is 0 Å². The molecule has 0 aliphatic carbocycles. The zero-order valence-corrected chi connectivity index (χ0v) is 16.5. The number of nitrogens with zero attached hydrogens (tertiary/aromatic N) is 3. The number of aromatic nitrogens is 2. The first-order chi connectivity index (χ1) is 14.7. The van der Waals surface area contributed by atoms with Crippen LogP contribution in [-0.4, -0.2) is 26.9 Å². The van der Waals surface area contributed by atoms with E-state index in [0.717, 1.165) is 28.0 Å². The van der Waals surface area contributed by atoms with Crippen LogP contribution in [0.2, 0.25) is 0 Å². The Morgan fingerprint density at radius 1 is 0.867 bits per heavy atom. The highest BCUT2D eigenvalue weighted by atomic mass is 19.1. The van der Waals surface area contributed by atoms with E-state index in [2.05, 4.69) is 4.57 Å². The normalized spacial score (nSPS) is 16.5. The second kappa shape index (κ2) is 7.75. The molecular weight excluding hydrogens is 377 g/mol. The van der Waals surface area contributed by atoms with Crippen LogP contribution in [0.1, 0.15) is 29.3 Å². The summed E-state index contributed by atoms with van der Waals surface area (Å²) in [5.41, 5.74) is 4.09. The molecule has 4 aromatic rings. The topological polar surface area (TPSA) is 38.1 Å². The first kappa shape index (κ1) is 18.6. The number of carbonyl (C=O) groups is 1. The van der Waals surface area contributed by atoms with Crippen LogP contribution in [0.3, 0.4) is 0 Å². The van der Waals surface area contributed by atoms with Crippen molar-refractivity contribution in [3.63, 3.8) is 0 Å². The number of rotatable bonds is 5. The molecule has 1 aliphatic heterocycles. The van der Waals surface area contributed by atoms with E-state index in [9.17, 15) is 9.18 Å². The van der Waals surface area contributed by atoms with Crippen molar-refractivity contribution in [2.75, 3.05) is 6.54 Å². The van der Waals surface area contributed by atoms with Gasteiger partial charge in [0.2, 0.25) is 5.91 Å². The van der Waals surface area contributed by atoms with Gasteiger partial charge in [0.05, 0.1) is 11.0 Å². The molecule has 1 fully saturated rings. The maximum absolute atomic E-state index is 13.3. The summed E-state index contributed by atoms with van der Waals surface area (Å²) in [5, 5.41) is 0. The number of halogens is 1. The van der Waals surface area contributed by atoms with Gasteiger partial charge in [-0.05, 0) is 35.4 Å². The molecule has 0 radical (unpaired) electrons. The van der Waals surface area contributed by atoms with Gasteiger partial charge in [-0.25, -0.2) is 9.37 Å². The molecule has 5 heteroatoms. The molecule has 3 aromatic carbocycles. The summed E-state index contributed by atoms with van der Waals surface area (Å²) < 4.78 is 15.5. The number of amides is 1. The van der Waals surface area contributed by atoms with E-state index in [1.165, 1.54) is 12.1 Å². The summed E-state index contributed by atoms with van der Waals surface area (Å²) in [4.78, 5) is 19.5. The predicted octanol–water partition coefficient (Wildman–Crippen LogP) is 4.74. The number of hydrogen-bond donors (Lipinski definition) is 0. The predicted molar refractivity (Wildman–Crippen MR) is 114 cm³/mol. The Balaban J connectivity index is 1.46. The molecule has 4 nitrogen and oxygen atoms in total. The second-order valence-electron chi connectivity index (χ2n) is 7.83. The van der Waals surface area contributed by atoms with Crippen LogP contribution in [-0.2, 0) is 17.9 Å². The lowest BCUT2D eigenvalue weighted by Crippen LogP contribution is -2.24. The Kier molecular flexibility index (Phi) is 4.79. The molecule has 30 heavy (non-hydrogen) atoms. The lowest BCUT2D eigenvalue weighted by molar-refractivity contribution is -0.128. The number of likely N-dealkylation sites (tertiary alicyclic amines) is 1. The summed E-state index contributed by atoms with van der Waals surface area (Å²) in [6, 6.07) is 24.6. The smallest absolute Gasteiger partial charge is 0.223 e. The highest BCUT2D eigenvalue weighted by Crippen LogP contribution is 2.31. The Morgan fingerprint density at radius 3 is 2.37 bits per heavy atom. The quantitative estimate of drug-likeness (QED) is 0.486. The minimum absolute atomic E-state index is 0.0362. The van der Waals surface area contributed by atoms with Crippen LogP contribution in [0, 0.1) is 5.82 Å². The average Bonchev–Trinajstić information content (AvgIpc) is 3.31. The Bertz CT molecular complexity index is 1180. The average molecular weight is 399 g/mol. The standard InChI is InChI=1S/C25H22FN3O/c26-21-12-10-19(11-13-21)16-29-23-9-5-4-8-22(23)27-25(29)20-14-24(30)28(17-20)15-18-6-2-1-3-7-18/h1-13,20H,14-17H2. The molecule has 1 saturated heterocycles. The molecule has 1 aromatic heterocycles. The van der Waals surface area contributed by atoms with Crippen LogP contribution in [0.4, 0.5) is 4.39 Å². The molecule has 1 aliphatic rings. The maximum Gasteiger partial charge on any atom is 0.223 e. The third-order valence-electron chi connectivity index (χ3n) is 5.73. The minimum atomic E-state index is -0.243. The molecule has 0 saturated carbocycles. The molecule has 1 unspecified atom stereocenters. The van der Waals surface area contributed by atoms with Gasteiger partial charge in [-0.3, -0.25) is 4.79 Å². The van der Waals surface area contributed by atoms with Crippen molar-refractivity contribution in [3.8, 4) is 0 Å². The number of benzene rings is 3. The number of hydrogen-bond acceptors (Lipinski definition) is 2. The van der Waals surface area contributed by atoms with E-state index < -0.39 is 0 Å². The summed E-state index contributed by atoms with van der Waals surface area (Å²) in [6.07, 6.45) is 0.458. The van der Waals surface area contributed by atoms with E-state index in [4.69, 9.17) is 4.98 Å². The second-order valence-corrected chi connectivity index (χ2v) is 7.83. The molecule has 150 valence electrons. The minimum Gasteiger partial charge on any atom is -0.338 e. The number of carbonyl (C=O) groups excluding carboxylic acids is 1. The Labute approximate surface area is 174 Å². The van der Waals surface area contributed by atoms with Gasteiger partial charge in [0.1, 0.15) is 11.6 Å². The fourth-order valence-corrected chi connectivity index (χ4v) is 4.25. The molecule has 5 rings (SSSR count). The van der Waals surface area contributed by atoms with Gasteiger partial charge in [0, 0.05) is 32.0 Å². The molecular formula is C25H22FN3O. The van der Waals surface area contributed by atoms with Crippen LogP contribution < -0.4 is 0 Å². The van der Waals surface area contributed by atoms with E-state index in [1.54, 1.807) is 12.1 Å². The summed E-state index contributed by atoms with van der Waals surface area (Å²) in [7, 11) is 0. The van der Waals surface area contributed by atoms with Gasteiger partial charge < -0.3 is 9.47 Å². The third kappa shape index (κ3) is 3.59. The van der Waals surface area contributed by atoms with Crippen LogP contribution in [0.5, 0.6) is 0 Å². The van der Waals surface area contributed by atoms with Crippen molar-refractivity contribution in [1.29, 1.82) is 0 Å². The molecule has 1 atom stereocenters. The van der Waals surface area contributed by atoms with E-state index in [0.29, 0.717) is 26.1 Å². The van der Waals surface area contributed by atoms with Crippen molar-refractivity contribution in [3.05, 3.63) is 102 Å². The Morgan fingerprint density at radius 2 is 1.57 bits per heavy atom.